The zero-order valence-electron chi connectivity index (χ0n) is 13.0. The summed E-state index contributed by atoms with van der Waals surface area (Å²) in [6.45, 7) is 7.48. The lowest BCUT2D eigenvalue weighted by molar-refractivity contribution is -0.389. The molecule has 7 nitrogen and oxygen atoms in total. The first kappa shape index (κ1) is 15.7. The minimum atomic E-state index is -0.574. The number of imidazole rings is 1. The molecule has 0 aliphatic heterocycles. The third-order valence-corrected chi connectivity index (χ3v) is 3.41. The van der Waals surface area contributed by atoms with Crippen molar-refractivity contribution in [2.24, 2.45) is 0 Å². The number of aryl methyl sites for hydroxylation is 4. The van der Waals surface area contributed by atoms with Crippen LogP contribution in [0, 0.1) is 37.8 Å². The maximum atomic E-state index is 12.2. The summed E-state index contributed by atoms with van der Waals surface area (Å²) in [4.78, 5) is 26.1. The van der Waals surface area contributed by atoms with Gasteiger partial charge in [0, 0.05) is 12.6 Å². The number of nitro groups is 1. The molecule has 1 amide bonds. The zero-order chi connectivity index (χ0) is 16.4. The lowest BCUT2D eigenvalue weighted by atomic mass is 10.1. The van der Waals surface area contributed by atoms with Gasteiger partial charge in [-0.2, -0.15) is 0 Å². The second-order valence-corrected chi connectivity index (χ2v) is 5.35. The Morgan fingerprint density at radius 3 is 2.36 bits per heavy atom. The van der Waals surface area contributed by atoms with E-state index in [0.717, 1.165) is 22.4 Å². The Balaban J connectivity index is 2.16. The van der Waals surface area contributed by atoms with Crippen molar-refractivity contribution in [3.8, 4) is 0 Å². The number of hydrogen-bond donors (Lipinski definition) is 1. The van der Waals surface area contributed by atoms with Gasteiger partial charge in [-0.15, -0.1) is 0 Å². The Labute approximate surface area is 128 Å². The van der Waals surface area contributed by atoms with E-state index >= 15 is 0 Å². The quantitative estimate of drug-likeness (QED) is 0.694. The lowest BCUT2D eigenvalue weighted by Gasteiger charge is -2.13. The van der Waals surface area contributed by atoms with Crippen molar-refractivity contribution in [3.05, 3.63) is 51.0 Å². The molecule has 0 atom stereocenters. The van der Waals surface area contributed by atoms with E-state index in [1.54, 1.807) is 6.92 Å². The molecule has 116 valence electrons. The second kappa shape index (κ2) is 5.97. The Bertz CT molecular complexity index is 726. The fraction of sp³-hybridized carbons (Fsp3) is 0.333. The minimum Gasteiger partial charge on any atom is -0.358 e. The van der Waals surface area contributed by atoms with Gasteiger partial charge in [0.2, 0.25) is 11.7 Å². The summed E-state index contributed by atoms with van der Waals surface area (Å²) in [5.41, 5.74) is 3.88. The summed E-state index contributed by atoms with van der Waals surface area (Å²) in [6.07, 6.45) is 1.27. The van der Waals surface area contributed by atoms with Gasteiger partial charge in [-0.05, 0) is 41.8 Å². The number of aromatic nitrogens is 2. The number of nitrogens with one attached hydrogen (secondary N) is 1. The highest BCUT2D eigenvalue weighted by molar-refractivity contribution is 5.92. The van der Waals surface area contributed by atoms with Crippen LogP contribution in [0.15, 0.2) is 18.3 Å². The molecule has 0 aliphatic carbocycles. The largest absolute Gasteiger partial charge is 0.381 e. The standard InChI is InChI=1S/C15H18N4O3/c1-9-5-10(2)15(11(3)6-9)17-14(20)8-18-7-13(19(21)22)16-12(18)4/h5-7H,8H2,1-4H3,(H,17,20). The van der Waals surface area contributed by atoms with Crippen molar-refractivity contribution < 1.29 is 9.72 Å². The zero-order valence-corrected chi connectivity index (χ0v) is 13.0. The average molecular weight is 302 g/mol. The number of amides is 1. The van der Waals surface area contributed by atoms with Gasteiger partial charge in [0.05, 0.1) is 0 Å². The van der Waals surface area contributed by atoms with E-state index in [-0.39, 0.29) is 18.3 Å². The third kappa shape index (κ3) is 3.30. The molecule has 1 heterocycles. The molecule has 0 unspecified atom stereocenters. The highest BCUT2D eigenvalue weighted by Gasteiger charge is 2.17. The molecule has 22 heavy (non-hydrogen) atoms. The maximum absolute atomic E-state index is 12.2. The Morgan fingerprint density at radius 2 is 1.86 bits per heavy atom. The van der Waals surface area contributed by atoms with Gasteiger partial charge in [0.15, 0.2) is 0 Å². The average Bonchev–Trinajstić information content (AvgIpc) is 2.75. The molecule has 1 aromatic heterocycles. The summed E-state index contributed by atoms with van der Waals surface area (Å²) in [7, 11) is 0. The van der Waals surface area contributed by atoms with Crippen molar-refractivity contribution in [2.45, 2.75) is 34.2 Å². The third-order valence-electron chi connectivity index (χ3n) is 3.41. The predicted molar refractivity (Wildman–Crippen MR) is 82.9 cm³/mol. The molecule has 7 heteroatoms. The van der Waals surface area contributed by atoms with Gasteiger partial charge in [-0.1, -0.05) is 17.7 Å². The second-order valence-electron chi connectivity index (χ2n) is 5.35. The molecule has 2 rings (SSSR count). The number of carbonyl (C=O) groups is 1. The van der Waals surface area contributed by atoms with E-state index in [2.05, 4.69) is 10.3 Å². The van der Waals surface area contributed by atoms with Crippen LogP contribution in [0.25, 0.3) is 0 Å². The van der Waals surface area contributed by atoms with Gasteiger partial charge in [0.25, 0.3) is 0 Å². The Hall–Kier alpha value is -2.70. The first-order valence-electron chi connectivity index (χ1n) is 6.84. The highest BCUT2D eigenvalue weighted by atomic mass is 16.6. The summed E-state index contributed by atoms with van der Waals surface area (Å²) >= 11 is 0. The minimum absolute atomic E-state index is 0.0145. The van der Waals surface area contributed by atoms with E-state index in [1.807, 2.05) is 32.9 Å². The van der Waals surface area contributed by atoms with Crippen molar-refractivity contribution in [1.29, 1.82) is 0 Å². The van der Waals surface area contributed by atoms with Gasteiger partial charge >= 0.3 is 5.82 Å². The van der Waals surface area contributed by atoms with Crippen LogP contribution in [0.4, 0.5) is 11.5 Å². The van der Waals surface area contributed by atoms with Crippen LogP contribution in [0.3, 0.4) is 0 Å². The number of anilines is 1. The molecule has 0 aliphatic rings. The number of nitrogens with zero attached hydrogens (tertiary/aromatic N) is 3. The number of rotatable bonds is 4. The van der Waals surface area contributed by atoms with Crippen LogP contribution in [-0.4, -0.2) is 20.4 Å². The first-order chi connectivity index (χ1) is 10.3. The van der Waals surface area contributed by atoms with E-state index in [4.69, 9.17) is 0 Å². The molecular formula is C15H18N4O3. The monoisotopic (exact) mass is 302 g/mol. The van der Waals surface area contributed by atoms with E-state index < -0.39 is 4.92 Å². The first-order valence-corrected chi connectivity index (χ1v) is 6.84. The van der Waals surface area contributed by atoms with E-state index in [0.29, 0.717) is 5.82 Å². The number of benzene rings is 1. The van der Waals surface area contributed by atoms with Crippen molar-refractivity contribution in [3.63, 3.8) is 0 Å². The predicted octanol–water partition coefficient (Wildman–Crippen LogP) is 2.66. The molecule has 0 fully saturated rings. The summed E-state index contributed by atoms with van der Waals surface area (Å²) < 4.78 is 1.46. The summed E-state index contributed by atoms with van der Waals surface area (Å²) in [6, 6.07) is 3.99. The molecule has 0 saturated heterocycles. The maximum Gasteiger partial charge on any atom is 0.381 e. The topological polar surface area (TPSA) is 90.1 Å². The fourth-order valence-corrected chi connectivity index (χ4v) is 2.45. The van der Waals surface area contributed by atoms with Crippen LogP contribution in [0.5, 0.6) is 0 Å². The summed E-state index contributed by atoms with van der Waals surface area (Å²) in [5.74, 6) is -0.0716. The van der Waals surface area contributed by atoms with Gasteiger partial charge in [-0.25, -0.2) is 0 Å². The molecule has 0 spiro atoms. The van der Waals surface area contributed by atoms with Crippen LogP contribution in [0.2, 0.25) is 0 Å². The number of hydrogen-bond acceptors (Lipinski definition) is 4. The lowest BCUT2D eigenvalue weighted by Crippen LogP contribution is -2.20. The van der Waals surface area contributed by atoms with Gasteiger partial charge in [0.1, 0.15) is 12.7 Å². The van der Waals surface area contributed by atoms with Crippen molar-refractivity contribution in [1.82, 2.24) is 9.55 Å². The Kier molecular flexibility index (Phi) is 4.25. The SMILES string of the molecule is Cc1cc(C)c(NC(=O)Cn2cc([N+](=O)[O-])nc2C)c(C)c1. The van der Waals surface area contributed by atoms with Gasteiger partial charge in [-0.3, -0.25) is 9.36 Å². The Morgan fingerprint density at radius 1 is 1.27 bits per heavy atom. The van der Waals surface area contributed by atoms with E-state index in [1.165, 1.54) is 10.8 Å². The molecule has 0 bridgehead atoms. The molecule has 0 radical (unpaired) electrons. The molecule has 1 aromatic carbocycles. The normalized spacial score (nSPS) is 10.5. The highest BCUT2D eigenvalue weighted by Crippen LogP contribution is 2.22. The summed E-state index contributed by atoms with van der Waals surface area (Å²) in [5, 5.41) is 13.6. The molecule has 1 N–H and O–H groups in total. The fourth-order valence-electron chi connectivity index (χ4n) is 2.45. The molecular weight excluding hydrogens is 284 g/mol. The van der Waals surface area contributed by atoms with Crippen molar-refractivity contribution >= 4 is 17.4 Å². The van der Waals surface area contributed by atoms with Crippen LogP contribution >= 0.6 is 0 Å². The molecule has 2 aromatic rings. The van der Waals surface area contributed by atoms with Crippen LogP contribution < -0.4 is 5.32 Å². The number of carbonyl (C=O) groups excluding carboxylic acids is 1. The van der Waals surface area contributed by atoms with Crippen LogP contribution in [0.1, 0.15) is 22.5 Å². The van der Waals surface area contributed by atoms with Crippen molar-refractivity contribution in [2.75, 3.05) is 5.32 Å². The van der Waals surface area contributed by atoms with Gasteiger partial charge < -0.3 is 15.4 Å². The van der Waals surface area contributed by atoms with Crippen LogP contribution in [-0.2, 0) is 11.3 Å². The molecule has 0 saturated carbocycles. The van der Waals surface area contributed by atoms with E-state index in [9.17, 15) is 14.9 Å². The smallest absolute Gasteiger partial charge is 0.358 e.